The van der Waals surface area contributed by atoms with Crippen LogP contribution in [0.4, 0.5) is 0 Å². The van der Waals surface area contributed by atoms with Crippen LogP contribution in [-0.4, -0.2) is 52.0 Å². The van der Waals surface area contributed by atoms with Gasteiger partial charge in [0.2, 0.25) is 5.91 Å². The van der Waals surface area contributed by atoms with Crippen LogP contribution in [0.25, 0.3) is 0 Å². The van der Waals surface area contributed by atoms with Gasteiger partial charge in [0.1, 0.15) is 6.54 Å². The molecule has 0 saturated heterocycles. The van der Waals surface area contributed by atoms with Gasteiger partial charge in [0.15, 0.2) is 0 Å². The van der Waals surface area contributed by atoms with Crippen molar-refractivity contribution in [2.24, 2.45) is 0 Å². The first-order valence-electron chi connectivity index (χ1n) is 12.7. The van der Waals surface area contributed by atoms with Crippen molar-refractivity contribution >= 4 is 11.9 Å². The van der Waals surface area contributed by atoms with E-state index in [0.717, 1.165) is 19.3 Å². The average Bonchev–Trinajstić information content (AvgIpc) is 2.77. The topological polar surface area (TPSA) is 73.9 Å². The van der Waals surface area contributed by atoms with E-state index in [9.17, 15) is 9.59 Å². The summed E-state index contributed by atoms with van der Waals surface area (Å²) in [6.45, 7) is 4.42. The standard InChI is InChI=1S/C25H49NO5/c1-3-4-5-6-7-8-9-10-11-12-13-14-15-18-24(27)26-23-25(28)31-22-17-21-30-20-16-19-29-2/h3-23H2,1-2H3,(H,26,27). The maximum absolute atomic E-state index is 11.8. The Morgan fingerprint density at radius 1 is 0.645 bits per heavy atom. The third-order valence-corrected chi connectivity index (χ3v) is 5.27. The molecule has 6 nitrogen and oxygen atoms in total. The predicted octanol–water partition coefficient (Wildman–Crippen LogP) is 5.57. The molecule has 0 aromatic carbocycles. The molecule has 0 fully saturated rings. The SMILES string of the molecule is CCCCCCCCCCCCCCCC(=O)NCC(=O)OCCCOCCCOC. The molecule has 0 saturated carbocycles. The lowest BCUT2D eigenvalue weighted by Gasteiger charge is -2.07. The number of ether oxygens (including phenoxy) is 3. The van der Waals surface area contributed by atoms with E-state index >= 15 is 0 Å². The van der Waals surface area contributed by atoms with Gasteiger partial charge in [0.25, 0.3) is 0 Å². The summed E-state index contributed by atoms with van der Waals surface area (Å²) in [7, 11) is 1.66. The van der Waals surface area contributed by atoms with Gasteiger partial charge in [0, 0.05) is 39.8 Å². The number of esters is 1. The quantitative estimate of drug-likeness (QED) is 0.156. The second-order valence-corrected chi connectivity index (χ2v) is 8.30. The fraction of sp³-hybridized carbons (Fsp3) is 0.920. The molecule has 1 N–H and O–H groups in total. The van der Waals surface area contributed by atoms with Crippen molar-refractivity contribution in [1.82, 2.24) is 5.32 Å². The second kappa shape index (κ2) is 25.1. The maximum Gasteiger partial charge on any atom is 0.325 e. The summed E-state index contributed by atoms with van der Waals surface area (Å²) >= 11 is 0. The summed E-state index contributed by atoms with van der Waals surface area (Å²) in [5.74, 6) is -0.459. The Hall–Kier alpha value is -1.14. The Bertz CT molecular complexity index is 403. The van der Waals surface area contributed by atoms with Crippen molar-refractivity contribution in [3.05, 3.63) is 0 Å². The summed E-state index contributed by atoms with van der Waals surface area (Å²) in [4.78, 5) is 23.4. The van der Waals surface area contributed by atoms with Gasteiger partial charge in [-0.1, -0.05) is 84.0 Å². The van der Waals surface area contributed by atoms with E-state index in [1.165, 1.54) is 70.6 Å². The van der Waals surface area contributed by atoms with Crippen LogP contribution in [0.1, 0.15) is 110 Å². The molecule has 0 aliphatic heterocycles. The van der Waals surface area contributed by atoms with Crippen molar-refractivity contribution in [2.45, 2.75) is 110 Å². The van der Waals surface area contributed by atoms with Gasteiger partial charge in [0.05, 0.1) is 6.61 Å². The molecular weight excluding hydrogens is 394 g/mol. The minimum Gasteiger partial charge on any atom is -0.464 e. The molecule has 0 aliphatic carbocycles. The van der Waals surface area contributed by atoms with Crippen LogP contribution < -0.4 is 5.32 Å². The number of carbonyl (C=O) groups is 2. The van der Waals surface area contributed by atoms with Crippen molar-refractivity contribution in [3.8, 4) is 0 Å². The van der Waals surface area contributed by atoms with E-state index in [2.05, 4.69) is 12.2 Å². The van der Waals surface area contributed by atoms with Gasteiger partial charge in [-0.15, -0.1) is 0 Å². The number of nitrogens with one attached hydrogen (secondary N) is 1. The molecule has 0 aliphatic rings. The zero-order valence-electron chi connectivity index (χ0n) is 20.4. The van der Waals surface area contributed by atoms with Crippen molar-refractivity contribution in [2.75, 3.05) is 40.1 Å². The first-order valence-corrected chi connectivity index (χ1v) is 12.7. The van der Waals surface area contributed by atoms with E-state index < -0.39 is 5.97 Å². The Morgan fingerprint density at radius 2 is 1.16 bits per heavy atom. The summed E-state index contributed by atoms with van der Waals surface area (Å²) in [6, 6.07) is 0. The minimum atomic E-state index is -0.391. The van der Waals surface area contributed by atoms with Gasteiger partial charge < -0.3 is 19.5 Å². The first kappa shape index (κ1) is 29.9. The molecule has 0 radical (unpaired) electrons. The summed E-state index contributed by atoms with van der Waals surface area (Å²) < 4.78 is 15.4. The Kier molecular flexibility index (Phi) is 24.2. The lowest BCUT2D eigenvalue weighted by Crippen LogP contribution is -2.30. The van der Waals surface area contributed by atoms with E-state index in [1.807, 2.05) is 0 Å². The number of amides is 1. The van der Waals surface area contributed by atoms with Crippen LogP contribution in [-0.2, 0) is 23.8 Å². The third-order valence-electron chi connectivity index (χ3n) is 5.27. The second-order valence-electron chi connectivity index (χ2n) is 8.30. The number of hydrogen-bond donors (Lipinski definition) is 1. The number of carbonyl (C=O) groups excluding carboxylic acids is 2. The molecule has 184 valence electrons. The minimum absolute atomic E-state index is 0.0496. The van der Waals surface area contributed by atoms with E-state index in [1.54, 1.807) is 7.11 Å². The van der Waals surface area contributed by atoms with Gasteiger partial charge in [-0.3, -0.25) is 9.59 Å². The van der Waals surface area contributed by atoms with Crippen molar-refractivity contribution < 1.29 is 23.8 Å². The molecule has 0 atom stereocenters. The fourth-order valence-electron chi connectivity index (χ4n) is 3.37. The van der Waals surface area contributed by atoms with Gasteiger partial charge in [-0.25, -0.2) is 0 Å². The highest BCUT2D eigenvalue weighted by Crippen LogP contribution is 2.12. The van der Waals surface area contributed by atoms with Crippen LogP contribution in [0.15, 0.2) is 0 Å². The van der Waals surface area contributed by atoms with Crippen molar-refractivity contribution in [3.63, 3.8) is 0 Å². The molecule has 0 rings (SSSR count). The molecule has 0 heterocycles. The number of methoxy groups -OCH3 is 1. The number of rotatable bonds is 24. The van der Waals surface area contributed by atoms with Gasteiger partial charge >= 0.3 is 5.97 Å². The molecule has 0 aromatic rings. The van der Waals surface area contributed by atoms with Crippen LogP contribution in [0.2, 0.25) is 0 Å². The van der Waals surface area contributed by atoms with Crippen molar-refractivity contribution in [1.29, 1.82) is 0 Å². The molecule has 31 heavy (non-hydrogen) atoms. The summed E-state index contributed by atoms with van der Waals surface area (Å²) in [5.41, 5.74) is 0. The number of hydrogen-bond acceptors (Lipinski definition) is 5. The molecule has 6 heteroatoms. The van der Waals surface area contributed by atoms with Gasteiger partial charge in [-0.05, 0) is 12.8 Å². The van der Waals surface area contributed by atoms with Crippen LogP contribution in [0, 0.1) is 0 Å². The average molecular weight is 444 g/mol. The van der Waals surface area contributed by atoms with Crippen LogP contribution >= 0.6 is 0 Å². The highest BCUT2D eigenvalue weighted by molar-refractivity contribution is 5.81. The van der Waals surface area contributed by atoms with E-state index in [0.29, 0.717) is 39.3 Å². The molecule has 0 spiro atoms. The van der Waals surface area contributed by atoms with Crippen LogP contribution in [0.5, 0.6) is 0 Å². The third kappa shape index (κ3) is 25.0. The highest BCUT2D eigenvalue weighted by atomic mass is 16.5. The zero-order valence-corrected chi connectivity index (χ0v) is 20.4. The number of unbranched alkanes of at least 4 members (excludes halogenated alkanes) is 12. The summed E-state index contributed by atoms with van der Waals surface area (Å²) in [5, 5.41) is 2.64. The molecule has 0 bridgehead atoms. The lowest BCUT2D eigenvalue weighted by molar-refractivity contribution is -0.144. The monoisotopic (exact) mass is 443 g/mol. The maximum atomic E-state index is 11.8. The Morgan fingerprint density at radius 3 is 1.71 bits per heavy atom. The lowest BCUT2D eigenvalue weighted by atomic mass is 10.0. The fourth-order valence-corrected chi connectivity index (χ4v) is 3.37. The first-order chi connectivity index (χ1) is 15.2. The summed E-state index contributed by atoms with van der Waals surface area (Å²) in [6.07, 6.45) is 18.7. The zero-order chi connectivity index (χ0) is 22.8. The molecule has 0 aromatic heterocycles. The Labute approximate surface area is 191 Å². The molecule has 1 amide bonds. The van der Waals surface area contributed by atoms with E-state index in [-0.39, 0.29) is 12.5 Å². The van der Waals surface area contributed by atoms with Crippen LogP contribution in [0.3, 0.4) is 0 Å². The Balaban J connectivity index is 3.29. The smallest absolute Gasteiger partial charge is 0.325 e. The highest BCUT2D eigenvalue weighted by Gasteiger charge is 2.06. The normalized spacial score (nSPS) is 10.9. The largest absolute Gasteiger partial charge is 0.464 e. The predicted molar refractivity (Wildman–Crippen MR) is 126 cm³/mol. The van der Waals surface area contributed by atoms with Gasteiger partial charge in [-0.2, -0.15) is 0 Å². The van der Waals surface area contributed by atoms with E-state index in [4.69, 9.17) is 14.2 Å². The molecular formula is C25H49NO5. The molecule has 0 unspecified atom stereocenters.